The number of likely N-dealkylation sites (tertiary alicyclic amines) is 1. The first-order chi connectivity index (χ1) is 9.11. The molecule has 7 heteroatoms. The van der Waals surface area contributed by atoms with Crippen LogP contribution in [0.3, 0.4) is 0 Å². The van der Waals surface area contributed by atoms with Crippen LogP contribution in [0.4, 0.5) is 5.13 Å². The number of carbonyl (C=O) groups is 2. The number of nitrogens with zero attached hydrogens (tertiary/aromatic N) is 3. The Kier molecular flexibility index (Phi) is 4.47. The molecule has 1 atom stereocenters. The lowest BCUT2D eigenvalue weighted by Gasteiger charge is -2.34. The predicted molar refractivity (Wildman–Crippen MR) is 72.9 cm³/mol. The molecule has 0 radical (unpaired) electrons. The first-order valence-electron chi connectivity index (χ1n) is 6.54. The third kappa shape index (κ3) is 3.28. The first-order valence-corrected chi connectivity index (χ1v) is 7.35. The fourth-order valence-corrected chi connectivity index (χ4v) is 2.91. The fourth-order valence-electron chi connectivity index (χ4n) is 2.32. The minimum atomic E-state index is -0.614. The molecule has 0 aromatic carbocycles. The van der Waals surface area contributed by atoms with Crippen LogP contribution in [0.25, 0.3) is 0 Å². The second kappa shape index (κ2) is 6.10. The van der Waals surface area contributed by atoms with Crippen LogP contribution in [0.1, 0.15) is 37.6 Å². The third-order valence-corrected chi connectivity index (χ3v) is 4.05. The molecule has 2 rings (SSSR count). The van der Waals surface area contributed by atoms with E-state index in [0.717, 1.165) is 30.7 Å². The molecular weight excluding hydrogens is 264 g/mol. The summed E-state index contributed by atoms with van der Waals surface area (Å²) >= 11 is 1.26. The van der Waals surface area contributed by atoms with Crippen LogP contribution >= 0.6 is 11.3 Å². The number of nitrogens with one attached hydrogen (secondary N) is 1. The van der Waals surface area contributed by atoms with E-state index in [1.807, 2.05) is 6.92 Å². The van der Waals surface area contributed by atoms with Crippen molar-refractivity contribution < 1.29 is 9.59 Å². The van der Waals surface area contributed by atoms with E-state index >= 15 is 0 Å². The highest BCUT2D eigenvalue weighted by atomic mass is 32.1. The van der Waals surface area contributed by atoms with Gasteiger partial charge in [-0.05, 0) is 32.6 Å². The average Bonchev–Trinajstić information content (AvgIpc) is 2.83. The van der Waals surface area contributed by atoms with Gasteiger partial charge in [0, 0.05) is 12.6 Å². The summed E-state index contributed by atoms with van der Waals surface area (Å²) in [5.74, 6) is -1.07. The van der Waals surface area contributed by atoms with Gasteiger partial charge in [-0.2, -0.15) is 0 Å². The Labute approximate surface area is 116 Å². The molecule has 1 aromatic rings. The Morgan fingerprint density at radius 1 is 1.42 bits per heavy atom. The predicted octanol–water partition coefficient (Wildman–Crippen LogP) is 1.58. The van der Waals surface area contributed by atoms with Crippen molar-refractivity contribution in [3.05, 3.63) is 5.01 Å². The molecule has 104 valence electrons. The molecule has 0 saturated carbocycles. The molecule has 0 bridgehead atoms. The van der Waals surface area contributed by atoms with Crippen molar-refractivity contribution in [3.8, 4) is 0 Å². The summed E-state index contributed by atoms with van der Waals surface area (Å²) in [7, 11) is 0. The molecule has 1 aliphatic rings. The number of hydrogen-bond acceptors (Lipinski definition) is 5. The van der Waals surface area contributed by atoms with Crippen LogP contribution in [-0.2, 0) is 9.59 Å². The Morgan fingerprint density at radius 3 is 2.84 bits per heavy atom. The quantitative estimate of drug-likeness (QED) is 0.836. The van der Waals surface area contributed by atoms with Crippen molar-refractivity contribution in [2.75, 3.05) is 11.9 Å². The van der Waals surface area contributed by atoms with Gasteiger partial charge in [0.05, 0.1) is 0 Å². The van der Waals surface area contributed by atoms with Gasteiger partial charge >= 0.3 is 11.8 Å². The maximum Gasteiger partial charge on any atom is 0.315 e. The molecule has 19 heavy (non-hydrogen) atoms. The Balaban J connectivity index is 1.99. The van der Waals surface area contributed by atoms with Gasteiger partial charge in [0.1, 0.15) is 5.01 Å². The number of hydrogen-bond donors (Lipinski definition) is 1. The number of aromatic nitrogens is 2. The van der Waals surface area contributed by atoms with E-state index in [4.69, 9.17) is 0 Å². The molecule has 0 unspecified atom stereocenters. The lowest BCUT2D eigenvalue weighted by molar-refractivity contribution is -0.145. The molecule has 0 spiro atoms. The highest BCUT2D eigenvalue weighted by Gasteiger charge is 2.30. The SMILES string of the molecule is CC[C@H]1CCCCN1C(=O)C(=O)Nc1nnc(C)s1. The molecule has 2 amide bonds. The summed E-state index contributed by atoms with van der Waals surface area (Å²) in [6.45, 7) is 4.51. The number of piperidine rings is 1. The standard InChI is InChI=1S/C12H18N4O2S/c1-3-9-6-4-5-7-16(9)11(18)10(17)13-12-15-14-8(2)19-12/h9H,3-7H2,1-2H3,(H,13,15,17)/t9-/m0/s1. The van der Waals surface area contributed by atoms with E-state index in [-0.39, 0.29) is 6.04 Å². The van der Waals surface area contributed by atoms with E-state index in [9.17, 15) is 9.59 Å². The summed E-state index contributed by atoms with van der Waals surface area (Å²) in [5, 5.41) is 11.2. The van der Waals surface area contributed by atoms with Gasteiger partial charge < -0.3 is 4.90 Å². The molecule has 1 fully saturated rings. The fraction of sp³-hybridized carbons (Fsp3) is 0.667. The monoisotopic (exact) mass is 282 g/mol. The minimum absolute atomic E-state index is 0.183. The van der Waals surface area contributed by atoms with Crippen LogP contribution in [-0.4, -0.2) is 39.5 Å². The molecule has 2 heterocycles. The van der Waals surface area contributed by atoms with Crippen molar-refractivity contribution in [1.29, 1.82) is 0 Å². The van der Waals surface area contributed by atoms with Gasteiger partial charge in [-0.25, -0.2) is 0 Å². The summed E-state index contributed by atoms with van der Waals surface area (Å²) in [5.41, 5.74) is 0. The summed E-state index contributed by atoms with van der Waals surface area (Å²) in [6.07, 6.45) is 3.96. The van der Waals surface area contributed by atoms with Gasteiger partial charge in [0.25, 0.3) is 0 Å². The second-order valence-electron chi connectivity index (χ2n) is 4.64. The largest absolute Gasteiger partial charge is 0.331 e. The number of aryl methyl sites for hydroxylation is 1. The maximum absolute atomic E-state index is 12.1. The molecular formula is C12H18N4O2S. The topological polar surface area (TPSA) is 75.2 Å². The number of amides is 2. The zero-order valence-corrected chi connectivity index (χ0v) is 12.0. The average molecular weight is 282 g/mol. The van der Waals surface area contributed by atoms with Crippen molar-refractivity contribution in [2.45, 2.75) is 45.6 Å². The lowest BCUT2D eigenvalue weighted by Crippen LogP contribution is -2.48. The van der Waals surface area contributed by atoms with Crippen molar-refractivity contribution in [1.82, 2.24) is 15.1 Å². The normalized spacial score (nSPS) is 19.3. The Morgan fingerprint density at radius 2 is 2.21 bits per heavy atom. The molecule has 1 N–H and O–H groups in total. The van der Waals surface area contributed by atoms with Crippen LogP contribution in [0.15, 0.2) is 0 Å². The molecule has 1 saturated heterocycles. The van der Waals surface area contributed by atoms with E-state index in [1.165, 1.54) is 11.3 Å². The van der Waals surface area contributed by atoms with Gasteiger partial charge in [-0.3, -0.25) is 14.9 Å². The van der Waals surface area contributed by atoms with Gasteiger partial charge in [0.15, 0.2) is 0 Å². The maximum atomic E-state index is 12.1. The van der Waals surface area contributed by atoms with E-state index < -0.39 is 11.8 Å². The molecule has 6 nitrogen and oxygen atoms in total. The summed E-state index contributed by atoms with van der Waals surface area (Å²) in [4.78, 5) is 25.8. The van der Waals surface area contributed by atoms with Gasteiger partial charge in [-0.15, -0.1) is 10.2 Å². The summed E-state index contributed by atoms with van der Waals surface area (Å²) in [6, 6.07) is 0.183. The molecule has 1 aromatic heterocycles. The van der Waals surface area contributed by atoms with Crippen molar-refractivity contribution >= 4 is 28.3 Å². The van der Waals surface area contributed by atoms with Gasteiger partial charge in [0.2, 0.25) is 5.13 Å². The smallest absolute Gasteiger partial charge is 0.315 e. The van der Waals surface area contributed by atoms with Crippen LogP contribution in [0.2, 0.25) is 0 Å². The zero-order chi connectivity index (χ0) is 13.8. The first kappa shape index (κ1) is 13.9. The van der Waals surface area contributed by atoms with E-state index in [0.29, 0.717) is 11.7 Å². The van der Waals surface area contributed by atoms with Crippen LogP contribution in [0.5, 0.6) is 0 Å². The molecule has 0 aliphatic carbocycles. The Hall–Kier alpha value is -1.50. The Bertz CT molecular complexity index is 474. The van der Waals surface area contributed by atoms with Crippen molar-refractivity contribution in [3.63, 3.8) is 0 Å². The van der Waals surface area contributed by atoms with Crippen LogP contribution in [0, 0.1) is 6.92 Å². The van der Waals surface area contributed by atoms with Crippen LogP contribution < -0.4 is 5.32 Å². The molecule has 1 aliphatic heterocycles. The second-order valence-corrected chi connectivity index (χ2v) is 5.82. The van der Waals surface area contributed by atoms with E-state index in [1.54, 1.807) is 11.8 Å². The minimum Gasteiger partial charge on any atom is -0.331 e. The highest BCUT2D eigenvalue weighted by molar-refractivity contribution is 7.15. The highest BCUT2D eigenvalue weighted by Crippen LogP contribution is 2.20. The number of carbonyl (C=O) groups excluding carboxylic acids is 2. The third-order valence-electron chi connectivity index (χ3n) is 3.30. The van der Waals surface area contributed by atoms with Crippen molar-refractivity contribution in [2.24, 2.45) is 0 Å². The number of rotatable bonds is 2. The zero-order valence-electron chi connectivity index (χ0n) is 11.2. The summed E-state index contributed by atoms with van der Waals surface area (Å²) < 4.78 is 0. The number of anilines is 1. The van der Waals surface area contributed by atoms with Gasteiger partial charge in [-0.1, -0.05) is 18.3 Å². The lowest BCUT2D eigenvalue weighted by atomic mass is 10.00. The van der Waals surface area contributed by atoms with E-state index in [2.05, 4.69) is 15.5 Å².